The van der Waals surface area contributed by atoms with Crippen LogP contribution in [0.2, 0.25) is 0 Å². The highest BCUT2D eigenvalue weighted by molar-refractivity contribution is 5.82. The maximum Gasteiger partial charge on any atom is 0.332 e. The van der Waals surface area contributed by atoms with E-state index in [1.54, 1.807) is 11.9 Å². The van der Waals surface area contributed by atoms with E-state index >= 15 is 0 Å². The van der Waals surface area contributed by atoms with Gasteiger partial charge in [-0.1, -0.05) is 20.3 Å². The van der Waals surface area contributed by atoms with Crippen LogP contribution in [0, 0.1) is 5.92 Å². The van der Waals surface area contributed by atoms with Gasteiger partial charge in [-0.05, 0) is 18.8 Å². The minimum absolute atomic E-state index is 0.103. The molecule has 5 nitrogen and oxygen atoms in total. The van der Waals surface area contributed by atoms with Crippen molar-refractivity contribution >= 4 is 11.9 Å². The van der Waals surface area contributed by atoms with E-state index in [1.165, 1.54) is 0 Å². The van der Waals surface area contributed by atoms with Crippen LogP contribution in [-0.4, -0.2) is 47.7 Å². The molecule has 1 N–H and O–H groups in total. The molecule has 0 spiro atoms. The number of hydrogen-bond donors (Lipinski definition) is 1. The molecular weight excluding hydrogens is 222 g/mol. The Morgan fingerprint density at radius 3 is 2.47 bits per heavy atom. The summed E-state index contributed by atoms with van der Waals surface area (Å²) in [7, 11) is 1.74. The topological polar surface area (TPSA) is 66.8 Å². The van der Waals surface area contributed by atoms with E-state index in [9.17, 15) is 9.59 Å². The Hall–Kier alpha value is -1.10. The second kappa shape index (κ2) is 6.00. The number of nitrogens with zero attached hydrogens (tertiary/aromatic N) is 1. The Kier molecular flexibility index (Phi) is 4.93. The van der Waals surface area contributed by atoms with Crippen LogP contribution >= 0.6 is 0 Å². The molecule has 98 valence electrons. The van der Waals surface area contributed by atoms with Crippen molar-refractivity contribution in [2.24, 2.45) is 5.92 Å². The van der Waals surface area contributed by atoms with E-state index in [-0.39, 0.29) is 5.91 Å². The molecule has 0 saturated carbocycles. The minimum Gasteiger partial charge on any atom is -0.479 e. The molecular formula is C12H21NO4. The Morgan fingerprint density at radius 2 is 2.00 bits per heavy atom. The van der Waals surface area contributed by atoms with E-state index in [0.717, 1.165) is 6.42 Å². The molecule has 0 aromatic carbocycles. The molecule has 0 radical (unpaired) electrons. The first kappa shape index (κ1) is 14.0. The Morgan fingerprint density at radius 1 is 1.41 bits per heavy atom. The number of likely N-dealkylation sites (N-methyl/N-ethyl adjacent to an activating group) is 1. The summed E-state index contributed by atoms with van der Waals surface area (Å²) in [6.07, 6.45) is 0.538. The highest BCUT2D eigenvalue weighted by Gasteiger charge is 2.36. The fourth-order valence-electron chi connectivity index (χ4n) is 1.93. The van der Waals surface area contributed by atoms with Gasteiger partial charge >= 0.3 is 5.97 Å². The van der Waals surface area contributed by atoms with Gasteiger partial charge in [0.25, 0.3) is 5.91 Å². The van der Waals surface area contributed by atoms with Gasteiger partial charge < -0.3 is 14.7 Å². The number of carboxylic acid groups (broad SMARTS) is 1. The summed E-state index contributed by atoms with van der Waals surface area (Å²) in [5.74, 6) is -0.639. The van der Waals surface area contributed by atoms with E-state index in [1.807, 2.05) is 0 Å². The third kappa shape index (κ3) is 3.70. The molecule has 0 aliphatic carbocycles. The first-order valence-corrected chi connectivity index (χ1v) is 6.09. The average Bonchev–Trinajstić information content (AvgIpc) is 2.77. The Bertz CT molecular complexity index is 292. The smallest absolute Gasteiger partial charge is 0.332 e. The van der Waals surface area contributed by atoms with Crippen LogP contribution in [0.15, 0.2) is 0 Å². The lowest BCUT2D eigenvalue weighted by Crippen LogP contribution is -2.39. The van der Waals surface area contributed by atoms with Crippen molar-refractivity contribution in [2.75, 3.05) is 13.6 Å². The summed E-state index contributed by atoms with van der Waals surface area (Å²) in [6.45, 7) is 4.85. The highest BCUT2D eigenvalue weighted by atomic mass is 16.5. The highest BCUT2D eigenvalue weighted by Crippen LogP contribution is 2.21. The molecule has 3 atom stereocenters. The Labute approximate surface area is 102 Å². The summed E-state index contributed by atoms with van der Waals surface area (Å²) in [6, 6.07) is 0. The van der Waals surface area contributed by atoms with Crippen molar-refractivity contribution in [1.29, 1.82) is 0 Å². The van der Waals surface area contributed by atoms with E-state index < -0.39 is 18.2 Å². The lowest BCUT2D eigenvalue weighted by molar-refractivity contribution is -0.154. The lowest BCUT2D eigenvalue weighted by atomic mass is 10.1. The zero-order valence-electron chi connectivity index (χ0n) is 10.7. The van der Waals surface area contributed by atoms with Crippen LogP contribution in [0.4, 0.5) is 0 Å². The maximum atomic E-state index is 12.0. The van der Waals surface area contributed by atoms with Gasteiger partial charge in [0.2, 0.25) is 0 Å². The number of carbonyl (C=O) groups is 2. The molecule has 1 saturated heterocycles. The van der Waals surface area contributed by atoms with Gasteiger partial charge in [-0.3, -0.25) is 4.79 Å². The molecule has 1 rings (SSSR count). The quantitative estimate of drug-likeness (QED) is 0.785. The molecule has 17 heavy (non-hydrogen) atoms. The van der Waals surface area contributed by atoms with Gasteiger partial charge in [0, 0.05) is 13.6 Å². The first-order valence-electron chi connectivity index (χ1n) is 6.09. The first-order chi connectivity index (χ1) is 7.95. The molecule has 1 aliphatic rings. The normalized spacial score (nSPS) is 25.6. The molecule has 1 amide bonds. The van der Waals surface area contributed by atoms with E-state index in [2.05, 4.69) is 13.8 Å². The Balaban J connectivity index is 2.46. The summed E-state index contributed by atoms with van der Waals surface area (Å²) in [4.78, 5) is 24.3. The monoisotopic (exact) mass is 243 g/mol. The molecule has 0 bridgehead atoms. The number of aliphatic carboxylic acids is 1. The number of amides is 1. The van der Waals surface area contributed by atoms with Crippen molar-refractivity contribution in [3.63, 3.8) is 0 Å². The molecule has 5 heteroatoms. The second-order valence-electron chi connectivity index (χ2n) is 4.76. The standard InChI is InChI=1S/C12H21NO4/c1-4-8(2)7-13(3)11(14)9-5-6-10(17-9)12(15)16/h8-10H,4-7H2,1-3H3,(H,15,16)/t8?,9-,10+/m0/s1. The van der Waals surface area contributed by atoms with Crippen LogP contribution in [0.3, 0.4) is 0 Å². The van der Waals surface area contributed by atoms with Crippen LogP contribution in [0.1, 0.15) is 33.1 Å². The molecule has 1 heterocycles. The van der Waals surface area contributed by atoms with Crippen molar-refractivity contribution in [1.82, 2.24) is 4.90 Å². The average molecular weight is 243 g/mol. The number of ether oxygens (including phenoxy) is 1. The van der Waals surface area contributed by atoms with Crippen molar-refractivity contribution in [3.8, 4) is 0 Å². The fourth-order valence-corrected chi connectivity index (χ4v) is 1.93. The summed E-state index contributed by atoms with van der Waals surface area (Å²) >= 11 is 0. The molecule has 1 unspecified atom stereocenters. The van der Waals surface area contributed by atoms with Crippen molar-refractivity contribution in [3.05, 3.63) is 0 Å². The van der Waals surface area contributed by atoms with Crippen LogP contribution in [0.5, 0.6) is 0 Å². The summed E-state index contributed by atoms with van der Waals surface area (Å²) in [5, 5.41) is 8.78. The van der Waals surface area contributed by atoms with Crippen molar-refractivity contribution in [2.45, 2.75) is 45.3 Å². The van der Waals surface area contributed by atoms with Gasteiger partial charge in [0.15, 0.2) is 6.10 Å². The molecule has 1 fully saturated rings. The predicted molar refractivity (Wildman–Crippen MR) is 62.6 cm³/mol. The minimum atomic E-state index is -0.982. The van der Waals surface area contributed by atoms with Crippen LogP contribution in [-0.2, 0) is 14.3 Å². The maximum absolute atomic E-state index is 12.0. The fraction of sp³-hybridized carbons (Fsp3) is 0.833. The number of rotatable bonds is 5. The van der Waals surface area contributed by atoms with Gasteiger partial charge in [-0.2, -0.15) is 0 Å². The molecule has 1 aliphatic heterocycles. The number of carboxylic acids is 1. The van der Waals surface area contributed by atoms with Gasteiger partial charge in [-0.25, -0.2) is 4.79 Å². The number of hydrogen-bond acceptors (Lipinski definition) is 3. The lowest BCUT2D eigenvalue weighted by Gasteiger charge is -2.23. The largest absolute Gasteiger partial charge is 0.479 e. The third-order valence-electron chi connectivity index (χ3n) is 3.23. The van der Waals surface area contributed by atoms with E-state index in [4.69, 9.17) is 9.84 Å². The zero-order chi connectivity index (χ0) is 13.0. The van der Waals surface area contributed by atoms with Crippen molar-refractivity contribution < 1.29 is 19.4 Å². The van der Waals surface area contributed by atoms with Gasteiger partial charge in [0.1, 0.15) is 6.10 Å². The summed E-state index contributed by atoms with van der Waals surface area (Å²) < 4.78 is 5.23. The molecule has 0 aromatic rings. The van der Waals surface area contributed by atoms with Gasteiger partial charge in [0.05, 0.1) is 0 Å². The van der Waals surface area contributed by atoms with E-state index in [0.29, 0.717) is 25.3 Å². The second-order valence-corrected chi connectivity index (χ2v) is 4.76. The van der Waals surface area contributed by atoms with Crippen LogP contribution < -0.4 is 0 Å². The summed E-state index contributed by atoms with van der Waals surface area (Å²) in [5.41, 5.74) is 0. The molecule has 0 aromatic heterocycles. The zero-order valence-corrected chi connectivity index (χ0v) is 10.7. The third-order valence-corrected chi connectivity index (χ3v) is 3.23. The van der Waals surface area contributed by atoms with Gasteiger partial charge in [-0.15, -0.1) is 0 Å². The number of carbonyl (C=O) groups excluding carboxylic acids is 1. The predicted octanol–water partition coefficient (Wildman–Crippen LogP) is 1.12. The SMILES string of the molecule is CCC(C)CN(C)C(=O)[C@@H]1CC[C@H](C(=O)O)O1. The van der Waals surface area contributed by atoms with Crippen LogP contribution in [0.25, 0.3) is 0 Å².